The summed E-state index contributed by atoms with van der Waals surface area (Å²) in [5.74, 6) is -1.42. The summed E-state index contributed by atoms with van der Waals surface area (Å²) in [5.41, 5.74) is 0.901. The Bertz CT molecular complexity index is 693. The van der Waals surface area contributed by atoms with Gasteiger partial charge in [-0.1, -0.05) is 23.5 Å². The number of aromatic carboxylic acids is 1. The fraction of sp³-hybridized carbons (Fsp3) is 0.0769. The van der Waals surface area contributed by atoms with Gasteiger partial charge in [-0.25, -0.2) is 4.79 Å². The Morgan fingerprint density at radius 2 is 1.86 bits per heavy atom. The van der Waals surface area contributed by atoms with Crippen LogP contribution in [0.5, 0.6) is 0 Å². The lowest BCUT2D eigenvalue weighted by Gasteiger charge is -2.04. The van der Waals surface area contributed by atoms with E-state index < -0.39 is 16.8 Å². The molecule has 7 nitrogen and oxygen atoms in total. The van der Waals surface area contributed by atoms with E-state index in [1.54, 1.807) is 12.1 Å². The lowest BCUT2D eigenvalue weighted by molar-refractivity contribution is -0.380. The standard InChI is InChI=1S/C13H10N2O5S/c16-12(10-5-6-11(21-10)15(19)20)14-7-8-1-3-9(4-2-8)13(17)18/h1-6H,7H2,(H,14,16)(H,17,18). The molecule has 1 amide bonds. The second-order valence-electron chi connectivity index (χ2n) is 4.08. The van der Waals surface area contributed by atoms with Crippen molar-refractivity contribution in [1.29, 1.82) is 0 Å². The summed E-state index contributed by atoms with van der Waals surface area (Å²) in [6.45, 7) is 0.213. The van der Waals surface area contributed by atoms with Crippen LogP contribution in [0.3, 0.4) is 0 Å². The summed E-state index contributed by atoms with van der Waals surface area (Å²) in [6, 6.07) is 8.76. The van der Waals surface area contributed by atoms with E-state index in [1.807, 2.05) is 0 Å². The number of nitro groups is 1. The zero-order valence-corrected chi connectivity index (χ0v) is 11.4. The Balaban J connectivity index is 1.97. The molecule has 0 fully saturated rings. The van der Waals surface area contributed by atoms with Crippen molar-refractivity contribution in [1.82, 2.24) is 5.32 Å². The summed E-state index contributed by atoms with van der Waals surface area (Å²) in [6.07, 6.45) is 0. The van der Waals surface area contributed by atoms with E-state index in [4.69, 9.17) is 5.11 Å². The van der Waals surface area contributed by atoms with Gasteiger partial charge in [0, 0.05) is 12.6 Å². The number of carbonyl (C=O) groups is 2. The molecule has 21 heavy (non-hydrogen) atoms. The van der Waals surface area contributed by atoms with Gasteiger partial charge in [0.05, 0.1) is 15.4 Å². The van der Waals surface area contributed by atoms with Gasteiger partial charge in [-0.3, -0.25) is 14.9 Å². The minimum Gasteiger partial charge on any atom is -0.478 e. The first kappa shape index (κ1) is 14.7. The first-order valence-electron chi connectivity index (χ1n) is 5.82. The fourth-order valence-corrected chi connectivity index (χ4v) is 2.32. The van der Waals surface area contributed by atoms with Gasteiger partial charge >= 0.3 is 11.0 Å². The average Bonchev–Trinajstić information content (AvgIpc) is 2.95. The van der Waals surface area contributed by atoms with Crippen molar-refractivity contribution in [3.63, 3.8) is 0 Å². The average molecular weight is 306 g/mol. The predicted molar refractivity (Wildman–Crippen MR) is 75.5 cm³/mol. The zero-order valence-electron chi connectivity index (χ0n) is 10.6. The number of carboxylic acid groups (broad SMARTS) is 1. The molecule has 0 saturated heterocycles. The van der Waals surface area contributed by atoms with E-state index in [9.17, 15) is 19.7 Å². The minimum absolute atomic E-state index is 0.0917. The molecule has 0 saturated carbocycles. The molecule has 0 radical (unpaired) electrons. The molecule has 0 aliphatic heterocycles. The maximum atomic E-state index is 11.8. The maximum Gasteiger partial charge on any atom is 0.335 e. The largest absolute Gasteiger partial charge is 0.478 e. The van der Waals surface area contributed by atoms with Gasteiger partial charge in [0.1, 0.15) is 0 Å². The number of rotatable bonds is 5. The van der Waals surface area contributed by atoms with Crippen molar-refractivity contribution in [3.05, 3.63) is 62.5 Å². The van der Waals surface area contributed by atoms with E-state index >= 15 is 0 Å². The Morgan fingerprint density at radius 1 is 1.19 bits per heavy atom. The summed E-state index contributed by atoms with van der Waals surface area (Å²) >= 11 is 0.802. The molecule has 2 rings (SSSR count). The topological polar surface area (TPSA) is 110 Å². The number of thiophene rings is 1. The van der Waals surface area contributed by atoms with E-state index in [2.05, 4.69) is 5.32 Å². The highest BCUT2D eigenvalue weighted by molar-refractivity contribution is 7.17. The number of nitrogens with one attached hydrogen (secondary N) is 1. The second kappa shape index (κ2) is 6.14. The van der Waals surface area contributed by atoms with Gasteiger partial charge in [0.25, 0.3) is 5.91 Å². The van der Waals surface area contributed by atoms with Gasteiger partial charge in [-0.15, -0.1) is 0 Å². The quantitative estimate of drug-likeness (QED) is 0.650. The number of benzene rings is 1. The molecule has 0 aliphatic rings. The van der Waals surface area contributed by atoms with Crippen molar-refractivity contribution in [2.24, 2.45) is 0 Å². The maximum absolute atomic E-state index is 11.8. The molecular weight excluding hydrogens is 296 g/mol. The zero-order chi connectivity index (χ0) is 15.4. The van der Waals surface area contributed by atoms with Gasteiger partial charge in [-0.2, -0.15) is 0 Å². The third-order valence-electron chi connectivity index (χ3n) is 2.65. The van der Waals surface area contributed by atoms with Crippen LogP contribution in [0.1, 0.15) is 25.6 Å². The summed E-state index contributed by atoms with van der Waals surface area (Å²) in [5, 5.41) is 21.8. The van der Waals surface area contributed by atoms with Crippen molar-refractivity contribution < 1.29 is 19.6 Å². The Morgan fingerprint density at radius 3 is 2.38 bits per heavy atom. The molecule has 1 aromatic carbocycles. The normalized spacial score (nSPS) is 10.1. The molecule has 2 aromatic rings. The van der Waals surface area contributed by atoms with Crippen LogP contribution >= 0.6 is 11.3 Å². The van der Waals surface area contributed by atoms with Crippen LogP contribution in [-0.4, -0.2) is 21.9 Å². The van der Waals surface area contributed by atoms with Crippen molar-refractivity contribution in [2.75, 3.05) is 0 Å². The van der Waals surface area contributed by atoms with E-state index in [0.717, 1.165) is 16.9 Å². The smallest absolute Gasteiger partial charge is 0.335 e. The second-order valence-corrected chi connectivity index (χ2v) is 5.14. The van der Waals surface area contributed by atoms with Gasteiger partial charge in [-0.05, 0) is 23.8 Å². The van der Waals surface area contributed by atoms with Gasteiger partial charge in [0.2, 0.25) is 0 Å². The third-order valence-corrected chi connectivity index (χ3v) is 3.69. The number of nitrogens with zero attached hydrogens (tertiary/aromatic N) is 1. The highest BCUT2D eigenvalue weighted by atomic mass is 32.1. The monoisotopic (exact) mass is 306 g/mol. The van der Waals surface area contributed by atoms with Crippen LogP contribution in [-0.2, 0) is 6.54 Å². The van der Waals surface area contributed by atoms with Gasteiger partial charge in [0.15, 0.2) is 0 Å². The molecule has 1 aromatic heterocycles. The molecule has 0 aliphatic carbocycles. The molecule has 0 bridgehead atoms. The Labute approximate surface area is 123 Å². The first-order valence-corrected chi connectivity index (χ1v) is 6.63. The lowest BCUT2D eigenvalue weighted by Crippen LogP contribution is -2.21. The molecule has 8 heteroatoms. The van der Waals surface area contributed by atoms with Crippen LogP contribution in [0.25, 0.3) is 0 Å². The Hall–Kier alpha value is -2.74. The van der Waals surface area contributed by atoms with Crippen LogP contribution in [0.2, 0.25) is 0 Å². The Kier molecular flexibility index (Phi) is 4.29. The molecule has 0 unspecified atom stereocenters. The molecule has 0 atom stereocenters. The van der Waals surface area contributed by atoms with E-state index in [0.29, 0.717) is 0 Å². The molecule has 2 N–H and O–H groups in total. The number of hydrogen-bond acceptors (Lipinski definition) is 5. The highest BCUT2D eigenvalue weighted by Gasteiger charge is 2.14. The summed E-state index contributed by atoms with van der Waals surface area (Å²) < 4.78 is 0. The van der Waals surface area contributed by atoms with Crippen LogP contribution in [0.4, 0.5) is 5.00 Å². The van der Waals surface area contributed by atoms with Crippen LogP contribution in [0.15, 0.2) is 36.4 Å². The number of carboxylic acids is 1. The molecule has 108 valence electrons. The summed E-state index contributed by atoms with van der Waals surface area (Å²) in [7, 11) is 0. The van der Waals surface area contributed by atoms with Gasteiger partial charge < -0.3 is 10.4 Å². The van der Waals surface area contributed by atoms with E-state index in [1.165, 1.54) is 24.3 Å². The number of hydrogen-bond donors (Lipinski definition) is 2. The van der Waals surface area contributed by atoms with Crippen molar-refractivity contribution >= 4 is 28.2 Å². The molecular formula is C13H10N2O5S. The number of carbonyl (C=O) groups excluding carboxylic acids is 1. The van der Waals surface area contributed by atoms with Crippen LogP contribution < -0.4 is 5.32 Å². The molecule has 0 spiro atoms. The molecule has 1 heterocycles. The fourth-order valence-electron chi connectivity index (χ4n) is 1.58. The van der Waals surface area contributed by atoms with Crippen molar-refractivity contribution in [3.8, 4) is 0 Å². The first-order chi connectivity index (χ1) is 9.97. The SMILES string of the molecule is O=C(O)c1ccc(CNC(=O)c2ccc([N+](=O)[O-])s2)cc1. The highest BCUT2D eigenvalue weighted by Crippen LogP contribution is 2.23. The number of amides is 1. The third kappa shape index (κ3) is 3.63. The lowest BCUT2D eigenvalue weighted by atomic mass is 10.1. The van der Waals surface area contributed by atoms with Crippen molar-refractivity contribution in [2.45, 2.75) is 6.54 Å². The van der Waals surface area contributed by atoms with Crippen LogP contribution in [0, 0.1) is 10.1 Å². The van der Waals surface area contributed by atoms with E-state index in [-0.39, 0.29) is 22.0 Å². The summed E-state index contributed by atoms with van der Waals surface area (Å²) in [4.78, 5) is 32.8. The predicted octanol–water partition coefficient (Wildman–Crippen LogP) is 2.28. The minimum atomic E-state index is -1.02.